The fourth-order valence-electron chi connectivity index (χ4n) is 2.67. The smallest absolute Gasteiger partial charge is 0.191 e. The number of ether oxygens (including phenoxy) is 1. The molecule has 0 bridgehead atoms. The van der Waals surface area contributed by atoms with Gasteiger partial charge in [-0.1, -0.05) is 25.7 Å². The minimum absolute atomic E-state index is 0.456. The van der Waals surface area contributed by atoms with Crippen LogP contribution in [0.4, 0.5) is 0 Å². The number of aromatic nitrogens is 1. The number of aryl methyl sites for hydroxylation is 1. The second-order valence-corrected chi connectivity index (χ2v) is 7.02. The van der Waals surface area contributed by atoms with Crippen LogP contribution in [0.1, 0.15) is 48.4 Å². The normalized spacial score (nSPS) is 17.3. The van der Waals surface area contributed by atoms with Gasteiger partial charge in [0.25, 0.3) is 0 Å². The summed E-state index contributed by atoms with van der Waals surface area (Å²) in [5.41, 5.74) is 0. The van der Waals surface area contributed by atoms with E-state index in [0.717, 1.165) is 24.1 Å². The maximum Gasteiger partial charge on any atom is 0.191 e. The summed E-state index contributed by atoms with van der Waals surface area (Å²) in [4.78, 5) is 9.79. The van der Waals surface area contributed by atoms with Crippen molar-refractivity contribution in [2.45, 2.75) is 58.1 Å². The van der Waals surface area contributed by atoms with Gasteiger partial charge in [-0.3, -0.25) is 4.99 Å². The van der Waals surface area contributed by atoms with Crippen molar-refractivity contribution >= 4 is 17.3 Å². The SMILES string of the molecule is CN=C(NCCOC1CCCCCC1)NCc1ncc(C)s1. The van der Waals surface area contributed by atoms with E-state index in [2.05, 4.69) is 27.5 Å². The highest BCUT2D eigenvalue weighted by Crippen LogP contribution is 2.19. The van der Waals surface area contributed by atoms with Gasteiger partial charge in [0, 0.05) is 24.7 Å². The predicted octanol–water partition coefficient (Wildman–Crippen LogP) is 2.86. The summed E-state index contributed by atoms with van der Waals surface area (Å²) in [5, 5.41) is 7.65. The molecule has 5 nitrogen and oxygen atoms in total. The number of guanidine groups is 1. The van der Waals surface area contributed by atoms with Gasteiger partial charge >= 0.3 is 0 Å². The van der Waals surface area contributed by atoms with Crippen LogP contribution in [-0.2, 0) is 11.3 Å². The zero-order valence-corrected chi connectivity index (χ0v) is 14.5. The van der Waals surface area contributed by atoms with E-state index in [1.165, 1.54) is 43.4 Å². The van der Waals surface area contributed by atoms with Crippen LogP contribution >= 0.6 is 11.3 Å². The molecule has 1 saturated carbocycles. The first-order valence-electron chi connectivity index (χ1n) is 8.25. The fraction of sp³-hybridized carbons (Fsp3) is 0.750. The van der Waals surface area contributed by atoms with E-state index < -0.39 is 0 Å². The van der Waals surface area contributed by atoms with Crippen LogP contribution in [-0.4, -0.2) is 37.2 Å². The number of aliphatic imine (C=N–C) groups is 1. The van der Waals surface area contributed by atoms with Gasteiger partial charge in [0.1, 0.15) is 5.01 Å². The molecular weight excluding hydrogens is 296 g/mol. The van der Waals surface area contributed by atoms with Crippen molar-refractivity contribution in [3.05, 3.63) is 16.1 Å². The number of nitrogens with zero attached hydrogens (tertiary/aromatic N) is 2. The Morgan fingerprint density at radius 1 is 1.32 bits per heavy atom. The molecule has 1 fully saturated rings. The minimum Gasteiger partial charge on any atom is -0.376 e. The molecule has 0 saturated heterocycles. The quantitative estimate of drug-likeness (QED) is 0.366. The third-order valence-corrected chi connectivity index (χ3v) is 4.76. The van der Waals surface area contributed by atoms with E-state index in [9.17, 15) is 0 Å². The standard InChI is InChI=1S/C16H28N4OS/c1-13-11-19-15(22-13)12-20-16(17-2)18-9-10-21-14-7-5-3-4-6-8-14/h11,14H,3-10,12H2,1-2H3,(H2,17,18,20). The summed E-state index contributed by atoms with van der Waals surface area (Å²) in [6, 6.07) is 0. The predicted molar refractivity (Wildman–Crippen MR) is 92.5 cm³/mol. The van der Waals surface area contributed by atoms with Crippen molar-refractivity contribution in [2.75, 3.05) is 20.2 Å². The Kier molecular flexibility index (Phi) is 7.66. The molecule has 1 heterocycles. The molecule has 1 aliphatic rings. The highest BCUT2D eigenvalue weighted by Gasteiger charge is 2.12. The number of hydrogen-bond donors (Lipinski definition) is 2. The van der Waals surface area contributed by atoms with Crippen molar-refractivity contribution < 1.29 is 4.74 Å². The topological polar surface area (TPSA) is 58.5 Å². The van der Waals surface area contributed by atoms with E-state index in [-0.39, 0.29) is 0 Å². The number of rotatable bonds is 6. The second kappa shape index (κ2) is 9.79. The molecule has 6 heteroatoms. The molecule has 0 atom stereocenters. The summed E-state index contributed by atoms with van der Waals surface area (Å²) in [7, 11) is 1.79. The molecule has 1 aliphatic carbocycles. The Balaban J connectivity index is 1.59. The summed E-state index contributed by atoms with van der Waals surface area (Å²) in [6.07, 6.45) is 10.2. The van der Waals surface area contributed by atoms with Gasteiger partial charge in [0.15, 0.2) is 5.96 Å². The van der Waals surface area contributed by atoms with Crippen LogP contribution in [0.5, 0.6) is 0 Å². The van der Waals surface area contributed by atoms with Crippen LogP contribution in [0.15, 0.2) is 11.2 Å². The Hall–Kier alpha value is -1.14. The average molecular weight is 324 g/mol. The van der Waals surface area contributed by atoms with Gasteiger partial charge in [-0.15, -0.1) is 11.3 Å². The van der Waals surface area contributed by atoms with Crippen LogP contribution in [0.3, 0.4) is 0 Å². The third kappa shape index (κ3) is 6.32. The highest BCUT2D eigenvalue weighted by atomic mass is 32.1. The summed E-state index contributed by atoms with van der Waals surface area (Å²) < 4.78 is 5.97. The number of thiazole rings is 1. The van der Waals surface area contributed by atoms with Crippen molar-refractivity contribution in [1.82, 2.24) is 15.6 Å². The molecule has 0 radical (unpaired) electrons. The Morgan fingerprint density at radius 3 is 2.73 bits per heavy atom. The fourth-order valence-corrected chi connectivity index (χ4v) is 3.39. The largest absolute Gasteiger partial charge is 0.376 e. The van der Waals surface area contributed by atoms with Crippen molar-refractivity contribution in [2.24, 2.45) is 4.99 Å². The lowest BCUT2D eigenvalue weighted by Crippen LogP contribution is -2.38. The maximum absolute atomic E-state index is 5.97. The van der Waals surface area contributed by atoms with Crippen molar-refractivity contribution in [3.8, 4) is 0 Å². The molecule has 0 unspecified atom stereocenters. The van der Waals surface area contributed by atoms with Crippen LogP contribution in [0, 0.1) is 6.92 Å². The number of nitrogens with one attached hydrogen (secondary N) is 2. The molecule has 1 aromatic rings. The van der Waals surface area contributed by atoms with Crippen LogP contribution in [0.25, 0.3) is 0 Å². The van der Waals surface area contributed by atoms with Gasteiger partial charge in [0.2, 0.25) is 0 Å². The van der Waals surface area contributed by atoms with Crippen molar-refractivity contribution in [1.29, 1.82) is 0 Å². The Morgan fingerprint density at radius 2 is 2.09 bits per heavy atom. The molecule has 0 aliphatic heterocycles. The van der Waals surface area contributed by atoms with E-state index >= 15 is 0 Å². The van der Waals surface area contributed by atoms with Crippen LogP contribution in [0.2, 0.25) is 0 Å². The van der Waals surface area contributed by atoms with Gasteiger partial charge in [0.05, 0.1) is 19.3 Å². The number of hydrogen-bond acceptors (Lipinski definition) is 4. The molecule has 2 rings (SSSR count). The zero-order chi connectivity index (χ0) is 15.6. The summed E-state index contributed by atoms with van der Waals surface area (Å²) >= 11 is 1.71. The Bertz CT molecular complexity index is 453. The first kappa shape index (κ1) is 17.2. The molecule has 0 spiro atoms. The van der Waals surface area contributed by atoms with E-state index in [1.54, 1.807) is 18.4 Å². The zero-order valence-electron chi connectivity index (χ0n) is 13.7. The molecule has 1 aromatic heterocycles. The molecule has 0 amide bonds. The van der Waals surface area contributed by atoms with E-state index in [4.69, 9.17) is 4.74 Å². The van der Waals surface area contributed by atoms with Gasteiger partial charge in [-0.05, 0) is 19.8 Å². The van der Waals surface area contributed by atoms with Gasteiger partial charge in [-0.25, -0.2) is 4.98 Å². The van der Waals surface area contributed by atoms with E-state index in [1.807, 2.05) is 6.20 Å². The monoisotopic (exact) mass is 324 g/mol. The molecule has 2 N–H and O–H groups in total. The first-order valence-corrected chi connectivity index (χ1v) is 9.07. The lowest BCUT2D eigenvalue weighted by Gasteiger charge is -2.16. The third-order valence-electron chi connectivity index (χ3n) is 3.85. The van der Waals surface area contributed by atoms with Crippen molar-refractivity contribution in [3.63, 3.8) is 0 Å². The second-order valence-electron chi connectivity index (χ2n) is 5.70. The highest BCUT2D eigenvalue weighted by molar-refractivity contribution is 7.11. The maximum atomic E-state index is 5.97. The van der Waals surface area contributed by atoms with Crippen LogP contribution < -0.4 is 10.6 Å². The summed E-state index contributed by atoms with van der Waals surface area (Å²) in [5.74, 6) is 0.803. The molecule has 22 heavy (non-hydrogen) atoms. The minimum atomic E-state index is 0.456. The first-order chi connectivity index (χ1) is 10.8. The Labute approximate surface area is 137 Å². The lowest BCUT2D eigenvalue weighted by atomic mass is 10.1. The van der Waals surface area contributed by atoms with Gasteiger partial charge < -0.3 is 15.4 Å². The van der Waals surface area contributed by atoms with Gasteiger partial charge in [-0.2, -0.15) is 0 Å². The average Bonchev–Trinajstić information content (AvgIpc) is 2.78. The lowest BCUT2D eigenvalue weighted by molar-refractivity contribution is 0.0468. The molecule has 124 valence electrons. The summed E-state index contributed by atoms with van der Waals surface area (Å²) in [6.45, 7) is 4.30. The molecule has 0 aromatic carbocycles. The molecular formula is C16H28N4OS. The van der Waals surface area contributed by atoms with E-state index in [0.29, 0.717) is 12.6 Å².